The summed E-state index contributed by atoms with van der Waals surface area (Å²) >= 11 is 0. The van der Waals surface area contributed by atoms with Crippen LogP contribution in [0.25, 0.3) is 0 Å². The van der Waals surface area contributed by atoms with E-state index in [0.717, 1.165) is 25.2 Å². The van der Waals surface area contributed by atoms with Gasteiger partial charge in [-0.25, -0.2) is 4.79 Å². The van der Waals surface area contributed by atoms with Crippen LogP contribution in [0.15, 0.2) is 24.3 Å². The highest BCUT2D eigenvalue weighted by Gasteiger charge is 2.23. The van der Waals surface area contributed by atoms with Crippen LogP contribution in [-0.4, -0.2) is 66.7 Å². The minimum absolute atomic E-state index is 0.289. The number of likely N-dealkylation sites (N-methyl/N-ethyl adjacent to an activating group) is 1. The van der Waals surface area contributed by atoms with Gasteiger partial charge in [0, 0.05) is 39.3 Å². The van der Waals surface area contributed by atoms with Crippen LogP contribution in [0, 0.1) is 0 Å². The summed E-state index contributed by atoms with van der Waals surface area (Å²) in [6, 6.07) is 9.22. The molecule has 1 aliphatic rings. The lowest BCUT2D eigenvalue weighted by atomic mass is 10.1. The van der Waals surface area contributed by atoms with Gasteiger partial charge in [-0.3, -0.25) is 4.90 Å². The Labute approximate surface area is 152 Å². The molecule has 0 saturated carbocycles. The molecule has 0 unspecified atom stereocenters. The summed E-state index contributed by atoms with van der Waals surface area (Å²) in [5.74, 6) is 0. The smallest absolute Gasteiger partial charge is 0.410 e. The Hall–Kier alpha value is -1.59. The van der Waals surface area contributed by atoms with E-state index in [0.29, 0.717) is 12.6 Å². The number of nitrogens with zero attached hydrogens (tertiary/aromatic N) is 3. The van der Waals surface area contributed by atoms with Crippen LogP contribution in [0.1, 0.15) is 38.3 Å². The second-order valence-electron chi connectivity index (χ2n) is 8.29. The molecule has 25 heavy (non-hydrogen) atoms. The number of likely N-dealkylation sites (tertiary alicyclic amines) is 1. The van der Waals surface area contributed by atoms with Crippen LogP contribution in [0.4, 0.5) is 4.79 Å². The van der Waals surface area contributed by atoms with Crippen molar-refractivity contribution in [2.45, 2.75) is 51.9 Å². The van der Waals surface area contributed by atoms with Gasteiger partial charge in [-0.1, -0.05) is 24.3 Å². The lowest BCUT2D eigenvalue weighted by Gasteiger charge is -2.24. The fourth-order valence-electron chi connectivity index (χ4n) is 3.06. The van der Waals surface area contributed by atoms with Crippen molar-refractivity contribution in [3.8, 4) is 0 Å². The molecular formula is C20H33N3O2. The molecule has 0 bridgehead atoms. The Morgan fingerprint density at radius 2 is 1.76 bits per heavy atom. The van der Waals surface area contributed by atoms with E-state index in [1.54, 1.807) is 11.9 Å². The fourth-order valence-corrected chi connectivity index (χ4v) is 3.06. The van der Waals surface area contributed by atoms with Gasteiger partial charge < -0.3 is 14.5 Å². The van der Waals surface area contributed by atoms with Crippen molar-refractivity contribution in [3.05, 3.63) is 35.4 Å². The summed E-state index contributed by atoms with van der Waals surface area (Å²) in [5.41, 5.74) is 1.97. The molecule has 0 aliphatic carbocycles. The maximum Gasteiger partial charge on any atom is 0.410 e. The van der Waals surface area contributed by atoms with Crippen molar-refractivity contribution >= 4 is 6.09 Å². The largest absolute Gasteiger partial charge is 0.444 e. The molecule has 5 nitrogen and oxygen atoms in total. The highest BCUT2D eigenvalue weighted by molar-refractivity contribution is 5.67. The van der Waals surface area contributed by atoms with E-state index in [9.17, 15) is 4.79 Å². The van der Waals surface area contributed by atoms with Crippen LogP contribution in [0.5, 0.6) is 0 Å². The van der Waals surface area contributed by atoms with Crippen molar-refractivity contribution < 1.29 is 9.53 Å². The minimum Gasteiger partial charge on any atom is -0.444 e. The standard InChI is InChI=1S/C20H33N3O2/c1-20(2,3)25-19(24)22(6)13-16-7-9-17(10-8-16)14-23-12-11-18(15-23)21(4)5/h7-10,18H,11-15H2,1-6H3/t18-/m1/s1. The predicted molar refractivity (Wildman–Crippen MR) is 102 cm³/mol. The molecule has 0 radical (unpaired) electrons. The van der Waals surface area contributed by atoms with Gasteiger partial charge in [-0.05, 0) is 52.4 Å². The third kappa shape index (κ3) is 6.33. The van der Waals surface area contributed by atoms with Gasteiger partial charge in [0.05, 0.1) is 0 Å². The Balaban J connectivity index is 1.84. The van der Waals surface area contributed by atoms with Crippen LogP contribution >= 0.6 is 0 Å². The summed E-state index contributed by atoms with van der Waals surface area (Å²) in [6.07, 6.45) is 0.953. The lowest BCUT2D eigenvalue weighted by molar-refractivity contribution is 0.0285. The summed E-state index contributed by atoms with van der Waals surface area (Å²) in [5, 5.41) is 0. The molecular weight excluding hydrogens is 314 g/mol. The Morgan fingerprint density at radius 3 is 2.28 bits per heavy atom. The quantitative estimate of drug-likeness (QED) is 0.820. The molecule has 0 spiro atoms. The maximum absolute atomic E-state index is 12.0. The van der Waals surface area contributed by atoms with Crippen LogP contribution in [-0.2, 0) is 17.8 Å². The average Bonchev–Trinajstić information content (AvgIpc) is 2.96. The number of benzene rings is 1. The molecule has 1 aliphatic heterocycles. The summed E-state index contributed by atoms with van der Waals surface area (Å²) in [4.78, 5) is 18.5. The van der Waals surface area contributed by atoms with Crippen molar-refractivity contribution in [2.75, 3.05) is 34.2 Å². The summed E-state index contributed by atoms with van der Waals surface area (Å²) in [6.45, 7) is 9.49. The Kier molecular flexibility index (Phi) is 6.47. The monoisotopic (exact) mass is 347 g/mol. The number of rotatable bonds is 5. The highest BCUT2D eigenvalue weighted by atomic mass is 16.6. The molecule has 5 heteroatoms. The van der Waals surface area contributed by atoms with Gasteiger partial charge in [0.2, 0.25) is 0 Å². The molecule has 1 atom stereocenters. The van der Waals surface area contributed by atoms with E-state index in [1.165, 1.54) is 12.0 Å². The van der Waals surface area contributed by atoms with E-state index >= 15 is 0 Å². The van der Waals surface area contributed by atoms with Crippen LogP contribution in [0.2, 0.25) is 0 Å². The number of hydrogen-bond donors (Lipinski definition) is 0. The predicted octanol–water partition coefficient (Wildman–Crippen LogP) is 3.19. The van der Waals surface area contributed by atoms with Crippen LogP contribution in [0.3, 0.4) is 0 Å². The highest BCUT2D eigenvalue weighted by Crippen LogP contribution is 2.17. The van der Waals surface area contributed by atoms with E-state index in [1.807, 2.05) is 20.8 Å². The molecule has 1 aromatic rings. The first-order valence-corrected chi connectivity index (χ1v) is 9.05. The average molecular weight is 348 g/mol. The van der Waals surface area contributed by atoms with Crippen molar-refractivity contribution in [1.82, 2.24) is 14.7 Å². The number of amides is 1. The molecule has 0 N–H and O–H groups in total. The molecule has 2 rings (SSSR count). The van der Waals surface area contributed by atoms with Crippen molar-refractivity contribution in [2.24, 2.45) is 0 Å². The first-order chi connectivity index (χ1) is 11.6. The van der Waals surface area contributed by atoms with E-state index in [2.05, 4.69) is 48.2 Å². The van der Waals surface area contributed by atoms with Gasteiger partial charge in [0.25, 0.3) is 0 Å². The fraction of sp³-hybridized carbons (Fsp3) is 0.650. The molecule has 0 aromatic heterocycles. The van der Waals surface area contributed by atoms with Gasteiger partial charge in [0.1, 0.15) is 5.60 Å². The molecule has 1 amide bonds. The number of carbonyl (C=O) groups excluding carboxylic acids is 1. The van der Waals surface area contributed by atoms with E-state index in [4.69, 9.17) is 4.74 Å². The van der Waals surface area contributed by atoms with Crippen molar-refractivity contribution in [1.29, 1.82) is 0 Å². The minimum atomic E-state index is -0.463. The first-order valence-electron chi connectivity index (χ1n) is 9.05. The Bertz CT molecular complexity index is 563. The van der Waals surface area contributed by atoms with E-state index < -0.39 is 5.60 Å². The zero-order valence-corrected chi connectivity index (χ0v) is 16.6. The van der Waals surface area contributed by atoms with Gasteiger partial charge >= 0.3 is 6.09 Å². The first kappa shape index (κ1) is 19.7. The number of carbonyl (C=O) groups is 1. The Morgan fingerprint density at radius 1 is 1.16 bits per heavy atom. The zero-order chi connectivity index (χ0) is 18.6. The second kappa shape index (κ2) is 8.19. The molecule has 1 aromatic carbocycles. The second-order valence-corrected chi connectivity index (χ2v) is 8.29. The zero-order valence-electron chi connectivity index (χ0n) is 16.6. The third-order valence-corrected chi connectivity index (χ3v) is 4.53. The van der Waals surface area contributed by atoms with Gasteiger partial charge in [-0.15, -0.1) is 0 Å². The summed E-state index contributed by atoms with van der Waals surface area (Å²) in [7, 11) is 6.09. The topological polar surface area (TPSA) is 36.0 Å². The third-order valence-electron chi connectivity index (χ3n) is 4.53. The van der Waals surface area contributed by atoms with Crippen molar-refractivity contribution in [3.63, 3.8) is 0 Å². The number of ether oxygens (including phenoxy) is 1. The molecule has 140 valence electrons. The molecule has 1 fully saturated rings. The SMILES string of the molecule is CN(Cc1ccc(CN2CC[C@@H](N(C)C)C2)cc1)C(=O)OC(C)(C)C. The normalized spacial score (nSPS) is 18.6. The summed E-state index contributed by atoms with van der Waals surface area (Å²) < 4.78 is 5.39. The van der Waals surface area contributed by atoms with Gasteiger partial charge in [-0.2, -0.15) is 0 Å². The lowest BCUT2D eigenvalue weighted by Crippen LogP contribution is -2.33. The number of hydrogen-bond acceptors (Lipinski definition) is 4. The van der Waals surface area contributed by atoms with E-state index in [-0.39, 0.29) is 6.09 Å². The molecule has 1 heterocycles. The van der Waals surface area contributed by atoms with Gasteiger partial charge in [0.15, 0.2) is 0 Å². The molecule has 1 saturated heterocycles. The van der Waals surface area contributed by atoms with Crippen LogP contribution < -0.4 is 0 Å². The maximum atomic E-state index is 12.0.